The Bertz CT molecular complexity index is 235. The van der Waals surface area contributed by atoms with Crippen molar-refractivity contribution in [2.24, 2.45) is 0 Å². The monoisotopic (exact) mass is 178 g/mol. The lowest BCUT2D eigenvalue weighted by Gasteiger charge is -1.92. The predicted octanol–water partition coefficient (Wildman–Crippen LogP) is 1.54. The molecule has 1 N–H and O–H groups in total. The lowest BCUT2D eigenvalue weighted by molar-refractivity contribution is -0.107. The predicted molar refractivity (Wildman–Crippen MR) is 38.3 cm³/mol. The van der Waals surface area contributed by atoms with Gasteiger partial charge >= 0.3 is 0 Å². The Labute approximate surface area is 67.4 Å². The molecule has 0 spiro atoms. The van der Waals surface area contributed by atoms with Crippen molar-refractivity contribution in [1.82, 2.24) is 9.97 Å². The molecule has 54 valence electrons. The van der Waals surface area contributed by atoms with Crippen molar-refractivity contribution in [3.8, 4) is 0 Å². The van der Waals surface area contributed by atoms with Gasteiger partial charge in [-0.1, -0.05) is 11.6 Å². The number of rotatable bonds is 2. The van der Waals surface area contributed by atoms with Crippen molar-refractivity contribution in [2.75, 3.05) is 0 Å². The van der Waals surface area contributed by atoms with Gasteiger partial charge < -0.3 is 9.78 Å². The van der Waals surface area contributed by atoms with E-state index in [9.17, 15) is 4.79 Å². The quantitative estimate of drug-likeness (QED) is 0.552. The number of imidazole rings is 1. The molecule has 0 saturated carbocycles. The maximum atomic E-state index is 10.1. The molecule has 0 radical (unpaired) electrons. The number of hydrogen-bond acceptors (Lipinski definition) is 2. The second kappa shape index (κ2) is 3.03. The molecule has 0 aliphatic rings. The van der Waals surface area contributed by atoms with Crippen LogP contribution in [-0.2, 0) is 4.79 Å². The third-order valence-electron chi connectivity index (χ3n) is 0.945. The summed E-state index contributed by atoms with van der Waals surface area (Å²) in [7, 11) is 0. The number of aromatic amines is 1. The van der Waals surface area contributed by atoms with Crippen molar-refractivity contribution in [1.29, 1.82) is 0 Å². The summed E-state index contributed by atoms with van der Waals surface area (Å²) in [6.07, 6.45) is 1.98. The maximum Gasteiger partial charge on any atom is 0.146 e. The van der Waals surface area contributed by atoms with E-state index in [0.717, 1.165) is 0 Å². The Morgan fingerprint density at radius 2 is 2.50 bits per heavy atom. The van der Waals surface area contributed by atoms with Gasteiger partial charge in [-0.15, -0.1) is 11.6 Å². The van der Waals surface area contributed by atoms with Gasteiger partial charge in [-0.2, -0.15) is 0 Å². The number of nitrogens with zero attached hydrogens (tertiary/aromatic N) is 1. The molecule has 1 rings (SSSR count). The number of carbonyl (C=O) groups excluding carboxylic acids is 1. The van der Waals surface area contributed by atoms with E-state index in [-0.39, 0.29) is 0 Å². The fourth-order valence-corrected chi connectivity index (χ4v) is 0.774. The summed E-state index contributed by atoms with van der Waals surface area (Å²) in [6.45, 7) is 0. The Morgan fingerprint density at radius 1 is 1.80 bits per heavy atom. The molecule has 0 bridgehead atoms. The molecule has 0 fully saturated rings. The zero-order valence-electron chi connectivity index (χ0n) is 4.84. The minimum absolute atomic E-state index is 0.377. The maximum absolute atomic E-state index is 10.1. The number of H-pyrrole nitrogens is 1. The topological polar surface area (TPSA) is 45.8 Å². The van der Waals surface area contributed by atoms with E-state index in [0.29, 0.717) is 17.3 Å². The lowest BCUT2D eigenvalue weighted by atomic mass is 10.4. The molecule has 0 amide bonds. The van der Waals surface area contributed by atoms with Crippen LogP contribution in [0.1, 0.15) is 11.2 Å². The average molecular weight is 179 g/mol. The average Bonchev–Trinajstić information content (AvgIpc) is 2.34. The highest BCUT2D eigenvalue weighted by Gasteiger charge is 2.08. The molecule has 0 aliphatic heterocycles. The number of aromatic nitrogens is 2. The first-order valence-corrected chi connectivity index (χ1v) is 3.35. The second-order valence-corrected chi connectivity index (χ2v) is 2.53. The number of carbonyl (C=O) groups is 1. The smallest absolute Gasteiger partial charge is 0.146 e. The molecule has 1 aromatic rings. The Morgan fingerprint density at radius 3 is 2.90 bits per heavy atom. The minimum Gasteiger partial charge on any atom is -0.331 e. The molecule has 0 saturated heterocycles. The standard InChI is InChI=1S/C5H4Cl2N2O/c6-3(2-10)5-8-1-4(7)9-5/h1-3H,(H,8,9). The highest BCUT2D eigenvalue weighted by Crippen LogP contribution is 2.15. The van der Waals surface area contributed by atoms with E-state index in [1.54, 1.807) is 0 Å². The minimum atomic E-state index is -0.729. The van der Waals surface area contributed by atoms with Crippen LogP contribution < -0.4 is 0 Å². The number of hydrogen-bond donors (Lipinski definition) is 1. The number of nitrogens with one attached hydrogen (secondary N) is 1. The van der Waals surface area contributed by atoms with E-state index in [1.165, 1.54) is 6.20 Å². The lowest BCUT2D eigenvalue weighted by Crippen LogP contribution is -1.92. The molecule has 5 heteroatoms. The molecule has 1 unspecified atom stereocenters. The summed E-state index contributed by atoms with van der Waals surface area (Å²) in [5.41, 5.74) is 0. The first-order valence-electron chi connectivity index (χ1n) is 2.54. The van der Waals surface area contributed by atoms with E-state index in [1.807, 2.05) is 0 Å². The van der Waals surface area contributed by atoms with Gasteiger partial charge in [-0.25, -0.2) is 4.98 Å². The van der Waals surface area contributed by atoms with Crippen LogP contribution in [0.25, 0.3) is 0 Å². The highest BCUT2D eigenvalue weighted by molar-refractivity contribution is 6.30. The first kappa shape index (κ1) is 7.57. The fraction of sp³-hybridized carbons (Fsp3) is 0.200. The van der Waals surface area contributed by atoms with Crippen LogP contribution in [0.3, 0.4) is 0 Å². The van der Waals surface area contributed by atoms with Gasteiger partial charge in [0.15, 0.2) is 0 Å². The Hall–Kier alpha value is -0.540. The summed E-state index contributed by atoms with van der Waals surface area (Å²) in [5.74, 6) is 0.377. The van der Waals surface area contributed by atoms with E-state index >= 15 is 0 Å². The van der Waals surface area contributed by atoms with Crippen LogP contribution in [0.2, 0.25) is 5.15 Å². The molecule has 0 aromatic carbocycles. The summed E-state index contributed by atoms with van der Waals surface area (Å²) >= 11 is 11.0. The van der Waals surface area contributed by atoms with Crippen molar-refractivity contribution in [2.45, 2.75) is 5.38 Å². The number of halogens is 2. The van der Waals surface area contributed by atoms with Crippen LogP contribution in [0.5, 0.6) is 0 Å². The van der Waals surface area contributed by atoms with Gasteiger partial charge in [0.2, 0.25) is 0 Å². The van der Waals surface area contributed by atoms with Gasteiger partial charge in [0.1, 0.15) is 22.6 Å². The first-order chi connectivity index (χ1) is 4.74. The Balaban J connectivity index is 2.84. The molecular formula is C5H4Cl2N2O. The third kappa shape index (κ3) is 1.49. The van der Waals surface area contributed by atoms with Crippen LogP contribution in [0.15, 0.2) is 6.20 Å². The zero-order chi connectivity index (χ0) is 7.56. The molecule has 1 heterocycles. The highest BCUT2D eigenvalue weighted by atomic mass is 35.5. The number of alkyl halides is 1. The summed E-state index contributed by atoms with van der Waals surface area (Å²) in [4.78, 5) is 16.4. The van der Waals surface area contributed by atoms with Gasteiger partial charge in [-0.05, 0) is 0 Å². The fourth-order valence-electron chi connectivity index (χ4n) is 0.518. The molecule has 10 heavy (non-hydrogen) atoms. The molecule has 3 nitrogen and oxygen atoms in total. The molecule has 1 atom stereocenters. The van der Waals surface area contributed by atoms with Crippen LogP contribution in [0, 0.1) is 0 Å². The van der Waals surface area contributed by atoms with Gasteiger partial charge in [0, 0.05) is 0 Å². The van der Waals surface area contributed by atoms with Gasteiger partial charge in [0.25, 0.3) is 0 Å². The van der Waals surface area contributed by atoms with Crippen molar-refractivity contribution < 1.29 is 4.79 Å². The van der Waals surface area contributed by atoms with Crippen molar-refractivity contribution >= 4 is 29.5 Å². The van der Waals surface area contributed by atoms with Crippen LogP contribution >= 0.6 is 23.2 Å². The van der Waals surface area contributed by atoms with Gasteiger partial charge in [0.05, 0.1) is 6.20 Å². The normalized spacial score (nSPS) is 13.0. The summed E-state index contributed by atoms with van der Waals surface area (Å²) in [5, 5.41) is -0.352. The van der Waals surface area contributed by atoms with Crippen molar-refractivity contribution in [3.05, 3.63) is 17.2 Å². The molecule has 1 aromatic heterocycles. The molecular weight excluding hydrogens is 175 g/mol. The molecule has 0 aliphatic carbocycles. The van der Waals surface area contributed by atoms with Crippen LogP contribution in [0.4, 0.5) is 0 Å². The van der Waals surface area contributed by atoms with Crippen LogP contribution in [-0.4, -0.2) is 16.3 Å². The summed E-state index contributed by atoms with van der Waals surface area (Å²) in [6, 6.07) is 0. The van der Waals surface area contributed by atoms with E-state index in [4.69, 9.17) is 23.2 Å². The largest absolute Gasteiger partial charge is 0.331 e. The van der Waals surface area contributed by atoms with Crippen molar-refractivity contribution in [3.63, 3.8) is 0 Å². The zero-order valence-corrected chi connectivity index (χ0v) is 6.36. The van der Waals surface area contributed by atoms with E-state index < -0.39 is 5.38 Å². The van der Waals surface area contributed by atoms with E-state index in [2.05, 4.69) is 9.97 Å². The number of aldehydes is 1. The SMILES string of the molecule is O=CC(Cl)c1ncc(Cl)[nH]1. The van der Waals surface area contributed by atoms with Gasteiger partial charge in [-0.3, -0.25) is 0 Å². The Kier molecular flexibility index (Phi) is 2.29. The summed E-state index contributed by atoms with van der Waals surface area (Å²) < 4.78 is 0. The third-order valence-corrected chi connectivity index (χ3v) is 1.45. The second-order valence-electron chi connectivity index (χ2n) is 1.65.